The minimum Gasteiger partial charge on any atom is -0.387 e. The van der Waals surface area contributed by atoms with E-state index >= 15 is 0 Å². The van der Waals surface area contributed by atoms with E-state index in [9.17, 15) is 5.11 Å². The van der Waals surface area contributed by atoms with E-state index in [-0.39, 0.29) is 5.88 Å². The quantitative estimate of drug-likeness (QED) is 0.710. The zero-order chi connectivity index (χ0) is 9.26. The molecule has 0 radical (unpaired) electrons. The highest BCUT2D eigenvalue weighted by Gasteiger charge is 2.05. The lowest BCUT2D eigenvalue weighted by Gasteiger charge is -2.06. The van der Waals surface area contributed by atoms with Crippen LogP contribution in [-0.2, 0) is 0 Å². The summed E-state index contributed by atoms with van der Waals surface area (Å²) < 4.78 is 0. The molecule has 0 spiro atoms. The van der Waals surface area contributed by atoms with Gasteiger partial charge in [0.2, 0.25) is 0 Å². The Morgan fingerprint density at radius 3 is 3.00 bits per heavy atom. The summed E-state index contributed by atoms with van der Waals surface area (Å²) in [6, 6.07) is 7.74. The Morgan fingerprint density at radius 1 is 1.38 bits per heavy atom. The summed E-state index contributed by atoms with van der Waals surface area (Å²) in [6.45, 7) is 0. The van der Waals surface area contributed by atoms with Crippen molar-refractivity contribution in [1.29, 1.82) is 0 Å². The number of benzene rings is 1. The average molecular weight is 196 g/mol. The molecule has 0 saturated heterocycles. The van der Waals surface area contributed by atoms with E-state index in [1.54, 1.807) is 0 Å². The second-order valence-corrected chi connectivity index (χ2v) is 3.30. The Hall–Kier alpha value is -0.990. The molecule has 2 nitrogen and oxygen atoms in total. The van der Waals surface area contributed by atoms with E-state index in [0.717, 1.165) is 16.5 Å². The summed E-state index contributed by atoms with van der Waals surface area (Å²) in [5.74, 6) is 0.232. The van der Waals surface area contributed by atoms with Gasteiger partial charge >= 0.3 is 0 Å². The molecule has 1 heterocycles. The third-order valence-corrected chi connectivity index (χ3v) is 2.40. The van der Waals surface area contributed by atoms with Crippen molar-refractivity contribution in [3.05, 3.63) is 36.0 Å². The fraction of sp³-hybridized carbons (Fsp3) is 0.200. The van der Waals surface area contributed by atoms with Gasteiger partial charge in [-0.15, -0.1) is 11.6 Å². The van der Waals surface area contributed by atoms with E-state index < -0.39 is 6.10 Å². The van der Waals surface area contributed by atoms with Crippen molar-refractivity contribution < 1.29 is 5.11 Å². The zero-order valence-corrected chi connectivity index (χ0v) is 7.75. The molecule has 13 heavy (non-hydrogen) atoms. The first-order valence-corrected chi connectivity index (χ1v) is 4.66. The minimum absolute atomic E-state index is 0.232. The normalized spacial score (nSPS) is 13.4. The maximum absolute atomic E-state index is 9.48. The number of aliphatic hydroxyl groups excluding tert-OH is 1. The number of nitrogens with one attached hydrogen (secondary N) is 1. The molecule has 0 bridgehead atoms. The van der Waals surface area contributed by atoms with E-state index in [0.29, 0.717) is 0 Å². The van der Waals surface area contributed by atoms with Crippen LogP contribution < -0.4 is 0 Å². The van der Waals surface area contributed by atoms with Gasteiger partial charge < -0.3 is 10.1 Å². The number of hydrogen-bond donors (Lipinski definition) is 2. The van der Waals surface area contributed by atoms with Crippen molar-refractivity contribution in [2.24, 2.45) is 0 Å². The van der Waals surface area contributed by atoms with Gasteiger partial charge in [0.05, 0.1) is 12.0 Å². The lowest BCUT2D eigenvalue weighted by Crippen LogP contribution is -1.97. The number of rotatable bonds is 2. The Balaban J connectivity index is 2.48. The van der Waals surface area contributed by atoms with Crippen molar-refractivity contribution in [2.75, 3.05) is 5.88 Å². The van der Waals surface area contributed by atoms with Gasteiger partial charge in [0.15, 0.2) is 0 Å². The first-order valence-electron chi connectivity index (χ1n) is 4.12. The lowest BCUT2D eigenvalue weighted by molar-refractivity contribution is 0.203. The smallest absolute Gasteiger partial charge is 0.0925 e. The molecule has 0 aliphatic rings. The van der Waals surface area contributed by atoms with Crippen LogP contribution in [0.25, 0.3) is 10.9 Å². The fourth-order valence-corrected chi connectivity index (χ4v) is 1.55. The molecule has 1 unspecified atom stereocenters. The Kier molecular flexibility index (Phi) is 2.25. The van der Waals surface area contributed by atoms with Crippen LogP contribution in [0.3, 0.4) is 0 Å². The van der Waals surface area contributed by atoms with Gasteiger partial charge in [-0.05, 0) is 29.1 Å². The summed E-state index contributed by atoms with van der Waals surface area (Å²) in [5, 5.41) is 10.6. The van der Waals surface area contributed by atoms with Crippen LogP contribution in [0, 0.1) is 0 Å². The number of halogens is 1. The summed E-state index contributed by atoms with van der Waals surface area (Å²) in [7, 11) is 0. The molecule has 2 rings (SSSR count). The van der Waals surface area contributed by atoms with Crippen molar-refractivity contribution in [1.82, 2.24) is 4.98 Å². The summed E-state index contributed by atoms with van der Waals surface area (Å²) in [6.07, 6.45) is 1.31. The SMILES string of the molecule is OC(CCl)c1ccc2[nH]ccc2c1. The molecule has 3 heteroatoms. The molecule has 2 N–H and O–H groups in total. The van der Waals surface area contributed by atoms with Crippen LogP contribution in [0.1, 0.15) is 11.7 Å². The van der Waals surface area contributed by atoms with Gasteiger partial charge in [-0.2, -0.15) is 0 Å². The fourth-order valence-electron chi connectivity index (χ4n) is 1.37. The number of aliphatic hydroxyl groups is 1. The molecule has 68 valence electrons. The second kappa shape index (κ2) is 3.40. The standard InChI is InChI=1S/C10H10ClNO/c11-6-10(13)8-1-2-9-7(5-8)3-4-12-9/h1-5,10,12-13H,6H2. The largest absolute Gasteiger partial charge is 0.387 e. The maximum Gasteiger partial charge on any atom is 0.0925 e. The molecule has 0 fully saturated rings. The second-order valence-electron chi connectivity index (χ2n) is 2.99. The molecule has 2 aromatic rings. The number of hydrogen-bond acceptors (Lipinski definition) is 1. The molecular weight excluding hydrogens is 186 g/mol. The Bertz CT molecular complexity index is 410. The minimum atomic E-state index is -0.569. The van der Waals surface area contributed by atoms with E-state index in [1.807, 2.05) is 30.5 Å². The van der Waals surface area contributed by atoms with Gasteiger partial charge in [0.1, 0.15) is 0 Å². The summed E-state index contributed by atoms with van der Waals surface area (Å²) >= 11 is 5.55. The lowest BCUT2D eigenvalue weighted by atomic mass is 10.1. The van der Waals surface area contributed by atoms with Gasteiger partial charge in [-0.25, -0.2) is 0 Å². The number of alkyl halides is 1. The number of aromatic nitrogens is 1. The van der Waals surface area contributed by atoms with Crippen molar-refractivity contribution in [2.45, 2.75) is 6.10 Å². The van der Waals surface area contributed by atoms with Gasteiger partial charge in [-0.1, -0.05) is 6.07 Å². The number of aromatic amines is 1. The summed E-state index contributed by atoms with van der Waals surface area (Å²) in [4.78, 5) is 3.09. The maximum atomic E-state index is 9.48. The molecule has 1 aromatic carbocycles. The van der Waals surface area contributed by atoms with Gasteiger partial charge in [0, 0.05) is 11.7 Å². The molecule has 1 atom stereocenters. The van der Waals surface area contributed by atoms with Crippen LogP contribution in [-0.4, -0.2) is 16.0 Å². The monoisotopic (exact) mass is 195 g/mol. The van der Waals surface area contributed by atoms with Crippen LogP contribution in [0.5, 0.6) is 0 Å². The van der Waals surface area contributed by atoms with Crippen molar-refractivity contribution >= 4 is 22.5 Å². The molecule has 0 aliphatic heterocycles. The predicted molar refractivity (Wildman–Crippen MR) is 54.0 cm³/mol. The number of H-pyrrole nitrogens is 1. The topological polar surface area (TPSA) is 36.0 Å². The highest BCUT2D eigenvalue weighted by Crippen LogP contribution is 2.20. The molecular formula is C10H10ClNO. The Labute approximate surface area is 81.1 Å². The number of fused-ring (bicyclic) bond motifs is 1. The Morgan fingerprint density at radius 2 is 2.23 bits per heavy atom. The highest BCUT2D eigenvalue weighted by atomic mass is 35.5. The first-order chi connectivity index (χ1) is 6.31. The zero-order valence-electron chi connectivity index (χ0n) is 7.00. The van der Waals surface area contributed by atoms with Crippen LogP contribution >= 0.6 is 11.6 Å². The summed E-state index contributed by atoms with van der Waals surface area (Å²) in [5.41, 5.74) is 1.94. The average Bonchev–Trinajstić information content (AvgIpc) is 2.63. The van der Waals surface area contributed by atoms with Crippen LogP contribution in [0.4, 0.5) is 0 Å². The van der Waals surface area contributed by atoms with E-state index in [1.165, 1.54) is 0 Å². The van der Waals surface area contributed by atoms with Crippen LogP contribution in [0.15, 0.2) is 30.5 Å². The van der Waals surface area contributed by atoms with Gasteiger partial charge in [0.25, 0.3) is 0 Å². The third-order valence-electron chi connectivity index (χ3n) is 2.11. The van der Waals surface area contributed by atoms with E-state index in [4.69, 9.17) is 11.6 Å². The van der Waals surface area contributed by atoms with Gasteiger partial charge in [-0.3, -0.25) is 0 Å². The third kappa shape index (κ3) is 1.55. The molecule has 0 amide bonds. The molecule has 0 saturated carbocycles. The first kappa shape index (κ1) is 8.60. The van der Waals surface area contributed by atoms with Crippen molar-refractivity contribution in [3.8, 4) is 0 Å². The highest BCUT2D eigenvalue weighted by molar-refractivity contribution is 6.18. The predicted octanol–water partition coefficient (Wildman–Crippen LogP) is 2.44. The van der Waals surface area contributed by atoms with Crippen LogP contribution in [0.2, 0.25) is 0 Å². The van der Waals surface area contributed by atoms with E-state index in [2.05, 4.69) is 4.98 Å². The molecule has 0 aliphatic carbocycles. The van der Waals surface area contributed by atoms with Crippen molar-refractivity contribution in [3.63, 3.8) is 0 Å². The molecule has 1 aromatic heterocycles.